The maximum atomic E-state index is 13.8. The van der Waals surface area contributed by atoms with Gasteiger partial charge in [0.15, 0.2) is 5.65 Å². The Balaban J connectivity index is 1.46. The van der Waals surface area contributed by atoms with Gasteiger partial charge in [0.25, 0.3) is 5.91 Å². The predicted molar refractivity (Wildman–Crippen MR) is 105 cm³/mol. The van der Waals surface area contributed by atoms with Gasteiger partial charge in [0.1, 0.15) is 18.0 Å². The molecule has 0 atom stereocenters. The number of carbonyl (C=O) groups excluding carboxylic acids is 1. The lowest BCUT2D eigenvalue weighted by Crippen LogP contribution is -2.30. The first-order valence-corrected chi connectivity index (χ1v) is 9.66. The Morgan fingerprint density at radius 2 is 2.04 bits per heavy atom. The maximum absolute atomic E-state index is 13.8. The zero-order valence-corrected chi connectivity index (χ0v) is 16.0. The van der Waals surface area contributed by atoms with E-state index in [2.05, 4.69) is 25.3 Å². The number of halogens is 2. The van der Waals surface area contributed by atoms with E-state index in [1.54, 1.807) is 17.2 Å². The van der Waals surface area contributed by atoms with E-state index in [0.717, 1.165) is 37.1 Å². The molecule has 1 saturated heterocycles. The highest BCUT2D eigenvalue weighted by molar-refractivity contribution is 6.33. The molecule has 0 aliphatic carbocycles. The van der Waals surface area contributed by atoms with E-state index >= 15 is 0 Å². The Kier molecular flexibility index (Phi) is 5.38. The molecule has 0 radical (unpaired) electrons. The summed E-state index contributed by atoms with van der Waals surface area (Å²) in [6.07, 6.45) is 6.86. The summed E-state index contributed by atoms with van der Waals surface area (Å²) >= 11 is 5.93. The van der Waals surface area contributed by atoms with Crippen LogP contribution in [0.25, 0.3) is 11.0 Å². The van der Waals surface area contributed by atoms with Crippen LogP contribution >= 0.6 is 11.6 Å². The fourth-order valence-electron chi connectivity index (χ4n) is 3.48. The van der Waals surface area contributed by atoms with Crippen molar-refractivity contribution in [2.24, 2.45) is 0 Å². The van der Waals surface area contributed by atoms with Crippen molar-refractivity contribution in [1.29, 1.82) is 0 Å². The number of hydrogen-bond acceptors (Lipinski definition) is 5. The summed E-state index contributed by atoms with van der Waals surface area (Å²) in [4.78, 5) is 23.3. The summed E-state index contributed by atoms with van der Waals surface area (Å²) in [5.74, 6) is -0.297. The molecule has 3 heterocycles. The number of nitrogens with one attached hydrogen (secondary N) is 1. The molecule has 146 valence electrons. The molecular formula is C19H20ClFN6O. The molecule has 1 aliphatic rings. The minimum Gasteiger partial charge on any atom is -0.356 e. The SMILES string of the molecule is O=C(NCCn1ncc2c(N3CCCCC3)ncnc21)c1c(F)cccc1Cl. The molecule has 4 rings (SSSR count). The highest BCUT2D eigenvalue weighted by Crippen LogP contribution is 2.25. The molecule has 1 fully saturated rings. The van der Waals surface area contributed by atoms with E-state index in [1.807, 2.05) is 0 Å². The second-order valence-electron chi connectivity index (χ2n) is 6.70. The van der Waals surface area contributed by atoms with Gasteiger partial charge >= 0.3 is 0 Å². The first-order valence-electron chi connectivity index (χ1n) is 9.29. The third-order valence-electron chi connectivity index (χ3n) is 4.87. The van der Waals surface area contributed by atoms with Crippen molar-refractivity contribution >= 4 is 34.4 Å². The summed E-state index contributed by atoms with van der Waals surface area (Å²) in [5.41, 5.74) is 0.568. The van der Waals surface area contributed by atoms with Gasteiger partial charge in [-0.3, -0.25) is 4.79 Å². The average molecular weight is 403 g/mol. The zero-order chi connectivity index (χ0) is 19.5. The molecule has 0 bridgehead atoms. The number of carbonyl (C=O) groups is 1. The van der Waals surface area contributed by atoms with Crippen LogP contribution < -0.4 is 10.2 Å². The van der Waals surface area contributed by atoms with Gasteiger partial charge in [-0.2, -0.15) is 5.10 Å². The average Bonchev–Trinajstić information content (AvgIpc) is 3.12. The normalized spacial score (nSPS) is 14.4. The molecule has 0 spiro atoms. The number of nitrogens with zero attached hydrogens (tertiary/aromatic N) is 5. The molecular weight excluding hydrogens is 383 g/mol. The summed E-state index contributed by atoms with van der Waals surface area (Å²) in [6, 6.07) is 4.16. The van der Waals surface area contributed by atoms with Crippen LogP contribution in [-0.2, 0) is 6.54 Å². The van der Waals surface area contributed by atoms with Crippen LogP contribution in [0.2, 0.25) is 5.02 Å². The van der Waals surface area contributed by atoms with Crippen molar-refractivity contribution in [3.8, 4) is 0 Å². The molecule has 28 heavy (non-hydrogen) atoms. The molecule has 0 unspecified atom stereocenters. The van der Waals surface area contributed by atoms with Gasteiger partial charge in [0, 0.05) is 19.6 Å². The molecule has 1 amide bonds. The summed E-state index contributed by atoms with van der Waals surface area (Å²) < 4.78 is 15.6. The second kappa shape index (κ2) is 8.10. The minimum absolute atomic E-state index is 0.0842. The third-order valence-corrected chi connectivity index (χ3v) is 5.18. The van der Waals surface area contributed by atoms with Gasteiger partial charge in [0.05, 0.1) is 28.7 Å². The Hall–Kier alpha value is -2.74. The molecule has 7 nitrogen and oxygen atoms in total. The number of anilines is 1. The second-order valence-corrected chi connectivity index (χ2v) is 7.11. The minimum atomic E-state index is -0.645. The number of aromatic nitrogens is 4. The lowest BCUT2D eigenvalue weighted by molar-refractivity contribution is 0.0948. The number of rotatable bonds is 5. The number of benzene rings is 1. The zero-order valence-electron chi connectivity index (χ0n) is 15.2. The molecule has 0 saturated carbocycles. The molecule has 3 aromatic rings. The standard InChI is InChI=1S/C19H20ClFN6O/c20-14-5-4-6-15(21)16(14)19(28)22-7-10-27-18-13(11-25-27)17(23-12-24-18)26-8-2-1-3-9-26/h4-6,11-12H,1-3,7-10H2,(H,22,28). The van der Waals surface area contributed by atoms with E-state index in [-0.39, 0.29) is 17.1 Å². The monoisotopic (exact) mass is 402 g/mol. The van der Waals surface area contributed by atoms with Crippen LogP contribution in [-0.4, -0.2) is 45.3 Å². The Morgan fingerprint density at radius 3 is 2.82 bits per heavy atom. The quantitative estimate of drug-likeness (QED) is 0.709. The molecule has 9 heteroatoms. The van der Waals surface area contributed by atoms with E-state index in [1.165, 1.54) is 24.6 Å². The lowest BCUT2D eigenvalue weighted by atomic mass is 10.1. The van der Waals surface area contributed by atoms with E-state index in [9.17, 15) is 9.18 Å². The fourth-order valence-corrected chi connectivity index (χ4v) is 3.73. The highest BCUT2D eigenvalue weighted by Gasteiger charge is 2.18. The van der Waals surface area contributed by atoms with E-state index in [0.29, 0.717) is 12.2 Å². The van der Waals surface area contributed by atoms with Gasteiger partial charge in [-0.15, -0.1) is 0 Å². The maximum Gasteiger partial charge on any atom is 0.255 e. The number of fused-ring (bicyclic) bond motifs is 1. The Bertz CT molecular complexity index is 981. The fraction of sp³-hybridized carbons (Fsp3) is 0.368. The molecule has 1 N–H and O–H groups in total. The largest absolute Gasteiger partial charge is 0.356 e. The topological polar surface area (TPSA) is 75.9 Å². The van der Waals surface area contributed by atoms with Crippen molar-refractivity contribution in [1.82, 2.24) is 25.1 Å². The number of piperidine rings is 1. The first-order chi connectivity index (χ1) is 13.6. The van der Waals surface area contributed by atoms with Crippen molar-refractivity contribution in [3.05, 3.63) is 47.1 Å². The predicted octanol–water partition coefficient (Wildman–Crippen LogP) is 3.04. The van der Waals surface area contributed by atoms with Crippen molar-refractivity contribution < 1.29 is 9.18 Å². The van der Waals surface area contributed by atoms with Crippen molar-refractivity contribution in [3.63, 3.8) is 0 Å². The van der Waals surface area contributed by atoms with Crippen molar-refractivity contribution in [2.45, 2.75) is 25.8 Å². The van der Waals surface area contributed by atoms with Gasteiger partial charge in [-0.1, -0.05) is 17.7 Å². The number of hydrogen-bond donors (Lipinski definition) is 1. The van der Waals surface area contributed by atoms with Crippen LogP contribution in [0.1, 0.15) is 29.6 Å². The molecule has 1 aromatic carbocycles. The van der Waals surface area contributed by atoms with Gasteiger partial charge in [-0.25, -0.2) is 19.0 Å². The number of amides is 1. The van der Waals surface area contributed by atoms with Gasteiger partial charge < -0.3 is 10.2 Å². The summed E-state index contributed by atoms with van der Waals surface area (Å²) in [7, 11) is 0. The van der Waals surface area contributed by atoms with Crippen LogP contribution in [0.15, 0.2) is 30.7 Å². The Labute approximate surface area is 166 Å². The summed E-state index contributed by atoms with van der Waals surface area (Å²) in [5, 5.41) is 8.06. The van der Waals surface area contributed by atoms with E-state index < -0.39 is 11.7 Å². The van der Waals surface area contributed by atoms with Crippen LogP contribution in [0.4, 0.5) is 10.2 Å². The molecule has 2 aromatic heterocycles. The van der Waals surface area contributed by atoms with E-state index in [4.69, 9.17) is 11.6 Å². The first kappa shape index (κ1) is 18.6. The van der Waals surface area contributed by atoms with Crippen LogP contribution in [0.3, 0.4) is 0 Å². The molecule has 1 aliphatic heterocycles. The highest BCUT2D eigenvalue weighted by atomic mass is 35.5. The lowest BCUT2D eigenvalue weighted by Gasteiger charge is -2.27. The van der Waals surface area contributed by atoms with Crippen molar-refractivity contribution in [2.75, 3.05) is 24.5 Å². The van der Waals surface area contributed by atoms with Gasteiger partial charge in [-0.05, 0) is 31.4 Å². The van der Waals surface area contributed by atoms with Gasteiger partial charge in [0.2, 0.25) is 0 Å². The van der Waals surface area contributed by atoms with Crippen LogP contribution in [0.5, 0.6) is 0 Å². The smallest absolute Gasteiger partial charge is 0.255 e. The third kappa shape index (κ3) is 3.64. The Morgan fingerprint density at radius 1 is 1.21 bits per heavy atom. The van der Waals surface area contributed by atoms with Crippen LogP contribution in [0, 0.1) is 5.82 Å². The summed E-state index contributed by atoms with van der Waals surface area (Å²) in [6.45, 7) is 2.63.